The van der Waals surface area contributed by atoms with Crippen LogP contribution in [0.4, 0.5) is 10.2 Å². The van der Waals surface area contributed by atoms with Gasteiger partial charge in [0.2, 0.25) is 5.91 Å². The number of rotatable bonds is 4. The highest BCUT2D eigenvalue weighted by atomic mass is 19.1. The van der Waals surface area contributed by atoms with Gasteiger partial charge < -0.3 is 5.32 Å². The van der Waals surface area contributed by atoms with E-state index in [1.54, 1.807) is 35.3 Å². The molecule has 5 nitrogen and oxygen atoms in total. The number of nitrogens with one attached hydrogen (secondary N) is 1. The van der Waals surface area contributed by atoms with E-state index in [2.05, 4.69) is 15.4 Å². The topological polar surface area (TPSA) is 59.8 Å². The fourth-order valence-corrected chi connectivity index (χ4v) is 2.98. The third-order valence-electron chi connectivity index (χ3n) is 4.56. The van der Waals surface area contributed by atoms with Gasteiger partial charge in [-0.3, -0.25) is 9.78 Å². The first kappa shape index (κ1) is 15.5. The fraction of sp³-hybridized carbons (Fsp3) is 0.211. The van der Waals surface area contributed by atoms with Crippen LogP contribution in [0.3, 0.4) is 0 Å². The number of benzene rings is 1. The van der Waals surface area contributed by atoms with Crippen LogP contribution in [0.2, 0.25) is 0 Å². The summed E-state index contributed by atoms with van der Waals surface area (Å²) in [5.41, 5.74) is 2.06. The molecule has 1 fully saturated rings. The summed E-state index contributed by atoms with van der Waals surface area (Å²) in [7, 11) is 0. The quantitative estimate of drug-likeness (QED) is 0.794. The average Bonchev–Trinajstić information content (AvgIpc) is 3.29. The third kappa shape index (κ3) is 2.91. The molecule has 3 aromatic rings. The highest BCUT2D eigenvalue weighted by Crippen LogP contribution is 2.48. The van der Waals surface area contributed by atoms with Crippen LogP contribution >= 0.6 is 0 Å². The number of aryl methyl sites for hydroxylation is 1. The van der Waals surface area contributed by atoms with Crippen LogP contribution in [0.15, 0.2) is 54.9 Å². The molecule has 1 N–H and O–H groups in total. The standard InChI is InChI=1S/C19H17FN4O/c1-13-12-16(6-10-21-13)24-11-7-17(23-24)22-18(25)19(8-9-19)14-2-4-15(20)5-3-14/h2-7,10-12H,8-9H2,1H3,(H,22,23,25). The number of pyridine rings is 1. The average molecular weight is 336 g/mol. The Morgan fingerprint density at radius 3 is 2.64 bits per heavy atom. The smallest absolute Gasteiger partial charge is 0.236 e. The van der Waals surface area contributed by atoms with E-state index in [4.69, 9.17) is 0 Å². The molecule has 0 aliphatic heterocycles. The maximum absolute atomic E-state index is 13.1. The first-order valence-electron chi connectivity index (χ1n) is 8.13. The Kier molecular flexibility index (Phi) is 3.60. The molecule has 0 saturated heterocycles. The van der Waals surface area contributed by atoms with E-state index >= 15 is 0 Å². The van der Waals surface area contributed by atoms with Gasteiger partial charge in [0.05, 0.1) is 11.1 Å². The van der Waals surface area contributed by atoms with Crippen molar-refractivity contribution in [2.24, 2.45) is 0 Å². The summed E-state index contributed by atoms with van der Waals surface area (Å²) in [6.45, 7) is 1.91. The van der Waals surface area contributed by atoms with Crippen LogP contribution in [0.25, 0.3) is 5.69 Å². The first-order valence-corrected chi connectivity index (χ1v) is 8.13. The number of carbonyl (C=O) groups is 1. The maximum Gasteiger partial charge on any atom is 0.236 e. The Morgan fingerprint density at radius 2 is 1.96 bits per heavy atom. The highest BCUT2D eigenvalue weighted by molar-refractivity contribution is 6.00. The predicted octanol–water partition coefficient (Wildman–Crippen LogP) is 3.39. The summed E-state index contributed by atoms with van der Waals surface area (Å²) in [5, 5.41) is 7.29. The van der Waals surface area contributed by atoms with Crippen molar-refractivity contribution in [1.29, 1.82) is 0 Å². The Balaban J connectivity index is 1.53. The molecule has 0 unspecified atom stereocenters. The zero-order chi connectivity index (χ0) is 17.4. The molecule has 0 bridgehead atoms. The molecule has 4 rings (SSSR count). The van der Waals surface area contributed by atoms with Crippen molar-refractivity contribution in [2.75, 3.05) is 5.32 Å². The van der Waals surface area contributed by atoms with Gasteiger partial charge >= 0.3 is 0 Å². The minimum atomic E-state index is -0.565. The minimum Gasteiger partial charge on any atom is -0.308 e. The predicted molar refractivity (Wildman–Crippen MR) is 92.0 cm³/mol. The molecule has 0 spiro atoms. The zero-order valence-electron chi connectivity index (χ0n) is 13.7. The maximum atomic E-state index is 13.1. The number of anilines is 1. The molecule has 1 aliphatic carbocycles. The van der Waals surface area contributed by atoms with Crippen molar-refractivity contribution in [2.45, 2.75) is 25.2 Å². The van der Waals surface area contributed by atoms with E-state index in [0.29, 0.717) is 5.82 Å². The van der Waals surface area contributed by atoms with Crippen molar-refractivity contribution in [3.8, 4) is 5.69 Å². The number of amides is 1. The number of halogens is 1. The van der Waals surface area contributed by atoms with Crippen LogP contribution < -0.4 is 5.32 Å². The van der Waals surface area contributed by atoms with Gasteiger partial charge in [0.25, 0.3) is 0 Å². The van der Waals surface area contributed by atoms with Gasteiger partial charge in [-0.05, 0) is 49.6 Å². The SMILES string of the molecule is Cc1cc(-n2ccc(NC(=O)C3(c4ccc(F)cc4)CC3)n2)ccn1. The Labute approximate surface area is 144 Å². The van der Waals surface area contributed by atoms with Crippen molar-refractivity contribution in [1.82, 2.24) is 14.8 Å². The van der Waals surface area contributed by atoms with Crippen LogP contribution in [0.5, 0.6) is 0 Å². The molecular formula is C19H17FN4O. The molecule has 1 amide bonds. The number of carbonyl (C=O) groups excluding carboxylic acids is 1. The normalized spacial score (nSPS) is 15.0. The molecule has 0 radical (unpaired) electrons. The molecule has 1 aliphatic rings. The lowest BCUT2D eigenvalue weighted by molar-refractivity contribution is -0.118. The highest BCUT2D eigenvalue weighted by Gasteiger charge is 2.51. The molecule has 126 valence electrons. The summed E-state index contributed by atoms with van der Waals surface area (Å²) in [6, 6.07) is 11.7. The summed E-state index contributed by atoms with van der Waals surface area (Å²) in [4.78, 5) is 16.9. The Morgan fingerprint density at radius 1 is 1.20 bits per heavy atom. The van der Waals surface area contributed by atoms with E-state index in [1.165, 1.54) is 12.1 Å². The number of hydrogen-bond acceptors (Lipinski definition) is 3. The van der Waals surface area contributed by atoms with E-state index in [0.717, 1.165) is 29.8 Å². The van der Waals surface area contributed by atoms with Gasteiger partial charge in [0.15, 0.2) is 5.82 Å². The second-order valence-electron chi connectivity index (χ2n) is 6.34. The van der Waals surface area contributed by atoms with E-state index in [-0.39, 0.29) is 11.7 Å². The molecule has 25 heavy (non-hydrogen) atoms. The van der Waals surface area contributed by atoms with Crippen molar-refractivity contribution >= 4 is 11.7 Å². The van der Waals surface area contributed by atoms with Gasteiger partial charge in [-0.2, -0.15) is 5.10 Å². The summed E-state index contributed by atoms with van der Waals surface area (Å²) in [6.07, 6.45) is 5.03. The summed E-state index contributed by atoms with van der Waals surface area (Å²) < 4.78 is 14.8. The van der Waals surface area contributed by atoms with Gasteiger partial charge in [0, 0.05) is 24.2 Å². The molecule has 2 aromatic heterocycles. The first-order chi connectivity index (χ1) is 12.1. The second kappa shape index (κ2) is 5.81. The third-order valence-corrected chi connectivity index (χ3v) is 4.56. The molecule has 1 saturated carbocycles. The number of hydrogen-bond donors (Lipinski definition) is 1. The van der Waals surface area contributed by atoms with E-state index in [1.807, 2.05) is 19.1 Å². The molecular weight excluding hydrogens is 319 g/mol. The van der Waals surface area contributed by atoms with E-state index in [9.17, 15) is 9.18 Å². The van der Waals surface area contributed by atoms with Gasteiger partial charge in [-0.25, -0.2) is 9.07 Å². The van der Waals surface area contributed by atoms with Gasteiger partial charge in [-0.15, -0.1) is 0 Å². The summed E-state index contributed by atoms with van der Waals surface area (Å²) >= 11 is 0. The Hall–Kier alpha value is -3.02. The molecule has 6 heteroatoms. The lowest BCUT2D eigenvalue weighted by atomic mass is 9.95. The molecule has 1 aromatic carbocycles. The fourth-order valence-electron chi connectivity index (χ4n) is 2.98. The van der Waals surface area contributed by atoms with Crippen molar-refractivity contribution in [3.05, 3.63) is 71.9 Å². The molecule has 2 heterocycles. The summed E-state index contributed by atoms with van der Waals surface area (Å²) in [5.74, 6) is 0.0921. The van der Waals surface area contributed by atoms with Crippen LogP contribution in [-0.4, -0.2) is 20.7 Å². The Bertz CT molecular complexity index is 929. The monoisotopic (exact) mass is 336 g/mol. The van der Waals surface area contributed by atoms with Crippen molar-refractivity contribution in [3.63, 3.8) is 0 Å². The number of aromatic nitrogens is 3. The zero-order valence-corrected chi connectivity index (χ0v) is 13.7. The van der Waals surface area contributed by atoms with Crippen LogP contribution in [0.1, 0.15) is 24.1 Å². The van der Waals surface area contributed by atoms with Crippen LogP contribution in [0, 0.1) is 12.7 Å². The minimum absolute atomic E-state index is 0.102. The van der Waals surface area contributed by atoms with E-state index < -0.39 is 5.41 Å². The van der Waals surface area contributed by atoms with Crippen molar-refractivity contribution < 1.29 is 9.18 Å². The van der Waals surface area contributed by atoms with Gasteiger partial charge in [0.1, 0.15) is 5.82 Å². The number of nitrogens with zero attached hydrogens (tertiary/aromatic N) is 3. The second-order valence-corrected chi connectivity index (χ2v) is 6.34. The van der Waals surface area contributed by atoms with Crippen LogP contribution in [-0.2, 0) is 10.2 Å². The van der Waals surface area contributed by atoms with Gasteiger partial charge in [-0.1, -0.05) is 12.1 Å². The largest absolute Gasteiger partial charge is 0.308 e. The lowest BCUT2D eigenvalue weighted by Gasteiger charge is -2.14. The lowest BCUT2D eigenvalue weighted by Crippen LogP contribution is -2.28. The molecule has 0 atom stereocenters.